The van der Waals surface area contributed by atoms with E-state index in [1.165, 1.54) is 22.6 Å². The van der Waals surface area contributed by atoms with E-state index in [0.29, 0.717) is 22.9 Å². The van der Waals surface area contributed by atoms with E-state index in [1.54, 1.807) is 0 Å². The summed E-state index contributed by atoms with van der Waals surface area (Å²) in [7, 11) is 0. The maximum Gasteiger partial charge on any atom is 0.367 e. The molecule has 0 N–H and O–H groups in total. The number of rotatable bonds is 2. The third-order valence-corrected chi connectivity index (χ3v) is 4.71. The van der Waals surface area contributed by atoms with Gasteiger partial charge in [-0.15, -0.1) is 11.3 Å². The fourth-order valence-corrected chi connectivity index (χ4v) is 3.48. The van der Waals surface area contributed by atoms with Crippen molar-refractivity contribution in [2.24, 2.45) is 11.3 Å². The highest BCUT2D eigenvalue weighted by atomic mass is 32.1. The summed E-state index contributed by atoms with van der Waals surface area (Å²) in [5, 5.41) is 0.524. The van der Waals surface area contributed by atoms with Gasteiger partial charge in [-0.2, -0.15) is 0 Å². The van der Waals surface area contributed by atoms with E-state index < -0.39 is 0 Å². The van der Waals surface area contributed by atoms with Gasteiger partial charge in [0.25, 0.3) is 0 Å². The second-order valence-electron chi connectivity index (χ2n) is 5.92. The van der Waals surface area contributed by atoms with E-state index in [0.717, 1.165) is 18.5 Å². The Morgan fingerprint density at radius 1 is 1.50 bits per heavy atom. The van der Waals surface area contributed by atoms with Crippen LogP contribution in [0.4, 0.5) is 0 Å². The normalized spacial score (nSPS) is 19.4. The van der Waals surface area contributed by atoms with Crippen molar-refractivity contribution in [3.63, 3.8) is 0 Å². The summed E-state index contributed by atoms with van der Waals surface area (Å²) >= 11 is 1.52. The lowest BCUT2D eigenvalue weighted by Crippen LogP contribution is -2.26. The van der Waals surface area contributed by atoms with Crippen LogP contribution in [0.15, 0.2) is 0 Å². The SMILES string of the molecule is CCOC(=O)c1nc2c(s1)CC(C(C)(C)C)CC2. The molecule has 0 radical (unpaired) electrons. The van der Waals surface area contributed by atoms with Crippen LogP contribution >= 0.6 is 11.3 Å². The van der Waals surface area contributed by atoms with Gasteiger partial charge >= 0.3 is 5.97 Å². The van der Waals surface area contributed by atoms with E-state index >= 15 is 0 Å². The third kappa shape index (κ3) is 2.74. The van der Waals surface area contributed by atoms with Crippen molar-refractivity contribution in [2.45, 2.75) is 47.0 Å². The van der Waals surface area contributed by atoms with E-state index in [-0.39, 0.29) is 5.97 Å². The Bertz CT molecular complexity index is 445. The molecule has 0 fully saturated rings. The summed E-state index contributed by atoms with van der Waals surface area (Å²) in [4.78, 5) is 17.4. The third-order valence-electron chi connectivity index (χ3n) is 3.61. The number of nitrogens with zero attached hydrogens (tertiary/aromatic N) is 1. The van der Waals surface area contributed by atoms with Crippen LogP contribution in [-0.4, -0.2) is 17.6 Å². The number of esters is 1. The minimum absolute atomic E-state index is 0.274. The molecule has 1 aromatic rings. The van der Waals surface area contributed by atoms with Crippen LogP contribution in [0.3, 0.4) is 0 Å². The van der Waals surface area contributed by atoms with Crippen molar-refractivity contribution in [3.8, 4) is 0 Å². The van der Waals surface area contributed by atoms with Gasteiger partial charge in [0.15, 0.2) is 0 Å². The molecule has 18 heavy (non-hydrogen) atoms. The van der Waals surface area contributed by atoms with Gasteiger partial charge in [-0.1, -0.05) is 20.8 Å². The van der Waals surface area contributed by atoms with Gasteiger partial charge in [-0.25, -0.2) is 9.78 Å². The van der Waals surface area contributed by atoms with Gasteiger partial charge in [0, 0.05) is 4.88 Å². The van der Waals surface area contributed by atoms with Gasteiger partial charge in [-0.05, 0) is 37.5 Å². The first kappa shape index (κ1) is 13.5. The summed E-state index contributed by atoms with van der Waals surface area (Å²) < 4.78 is 5.01. The minimum Gasteiger partial charge on any atom is -0.461 e. The van der Waals surface area contributed by atoms with E-state index in [1.807, 2.05) is 6.92 Å². The molecule has 0 bridgehead atoms. The molecule has 1 aliphatic rings. The minimum atomic E-state index is -0.274. The van der Waals surface area contributed by atoms with Gasteiger partial charge < -0.3 is 4.74 Å². The van der Waals surface area contributed by atoms with Crippen molar-refractivity contribution >= 4 is 17.3 Å². The molecule has 0 saturated heterocycles. The summed E-state index contributed by atoms with van der Waals surface area (Å²) in [6.07, 6.45) is 3.21. The van der Waals surface area contributed by atoms with Crippen molar-refractivity contribution < 1.29 is 9.53 Å². The number of carbonyl (C=O) groups is 1. The van der Waals surface area contributed by atoms with Crippen LogP contribution in [0.25, 0.3) is 0 Å². The standard InChI is InChI=1S/C14H21NO2S/c1-5-17-13(16)12-15-10-7-6-9(14(2,3)4)8-11(10)18-12/h9H,5-8H2,1-4H3. The number of aromatic nitrogens is 1. The number of hydrogen-bond donors (Lipinski definition) is 0. The number of carbonyl (C=O) groups excluding carboxylic acids is 1. The van der Waals surface area contributed by atoms with Crippen LogP contribution in [0.5, 0.6) is 0 Å². The predicted octanol–water partition coefficient (Wildman–Crippen LogP) is 3.47. The first-order valence-corrected chi connectivity index (χ1v) is 7.39. The Kier molecular flexibility index (Phi) is 3.76. The Labute approximate surface area is 113 Å². The van der Waals surface area contributed by atoms with Crippen molar-refractivity contribution in [3.05, 3.63) is 15.6 Å². The quantitative estimate of drug-likeness (QED) is 0.770. The molecule has 1 atom stereocenters. The zero-order valence-corrected chi connectivity index (χ0v) is 12.4. The zero-order valence-electron chi connectivity index (χ0n) is 11.6. The summed E-state index contributed by atoms with van der Waals surface area (Å²) in [5.41, 5.74) is 1.44. The molecule has 4 heteroatoms. The predicted molar refractivity (Wildman–Crippen MR) is 73.0 cm³/mol. The van der Waals surface area contributed by atoms with Crippen LogP contribution in [0.1, 0.15) is 54.5 Å². The highest BCUT2D eigenvalue weighted by molar-refractivity contribution is 7.13. The number of ether oxygens (including phenoxy) is 1. The van der Waals surface area contributed by atoms with E-state index in [9.17, 15) is 4.79 Å². The van der Waals surface area contributed by atoms with Gasteiger partial charge in [0.05, 0.1) is 12.3 Å². The molecular formula is C14H21NO2S. The molecule has 1 unspecified atom stereocenters. The number of aryl methyl sites for hydroxylation is 1. The highest BCUT2D eigenvalue weighted by Crippen LogP contribution is 2.39. The smallest absolute Gasteiger partial charge is 0.367 e. The molecule has 0 saturated carbocycles. The lowest BCUT2D eigenvalue weighted by molar-refractivity contribution is 0.0525. The molecule has 2 rings (SSSR count). The lowest BCUT2D eigenvalue weighted by atomic mass is 9.73. The highest BCUT2D eigenvalue weighted by Gasteiger charge is 2.31. The Morgan fingerprint density at radius 3 is 2.83 bits per heavy atom. The zero-order chi connectivity index (χ0) is 13.3. The molecule has 0 spiro atoms. The number of thiazole rings is 1. The molecule has 1 aliphatic carbocycles. The summed E-state index contributed by atoms with van der Waals surface area (Å²) in [6, 6.07) is 0. The van der Waals surface area contributed by atoms with Gasteiger partial charge in [0.1, 0.15) is 0 Å². The van der Waals surface area contributed by atoms with Crippen molar-refractivity contribution in [1.29, 1.82) is 0 Å². The monoisotopic (exact) mass is 267 g/mol. The lowest BCUT2D eigenvalue weighted by Gasteiger charge is -2.33. The van der Waals surface area contributed by atoms with E-state index in [4.69, 9.17) is 4.74 Å². The number of hydrogen-bond acceptors (Lipinski definition) is 4. The summed E-state index contributed by atoms with van der Waals surface area (Å²) in [6.45, 7) is 9.09. The molecule has 0 aliphatic heterocycles. The molecular weight excluding hydrogens is 246 g/mol. The summed E-state index contributed by atoms with van der Waals surface area (Å²) in [5.74, 6) is 0.407. The maximum absolute atomic E-state index is 11.7. The largest absolute Gasteiger partial charge is 0.461 e. The van der Waals surface area contributed by atoms with E-state index in [2.05, 4.69) is 25.8 Å². The first-order valence-electron chi connectivity index (χ1n) is 6.57. The first-order chi connectivity index (χ1) is 8.41. The molecule has 100 valence electrons. The number of fused-ring (bicyclic) bond motifs is 1. The molecule has 0 aromatic carbocycles. The molecule has 0 amide bonds. The fraction of sp³-hybridized carbons (Fsp3) is 0.714. The topological polar surface area (TPSA) is 39.2 Å². The van der Waals surface area contributed by atoms with Gasteiger partial charge in [-0.3, -0.25) is 0 Å². The van der Waals surface area contributed by atoms with Crippen LogP contribution in [0, 0.1) is 11.3 Å². The fourth-order valence-electron chi connectivity index (χ4n) is 2.39. The molecule has 3 nitrogen and oxygen atoms in total. The van der Waals surface area contributed by atoms with Gasteiger partial charge in [0.2, 0.25) is 5.01 Å². The average Bonchev–Trinajstić information content (AvgIpc) is 2.70. The van der Waals surface area contributed by atoms with Crippen LogP contribution < -0.4 is 0 Å². The van der Waals surface area contributed by atoms with Crippen molar-refractivity contribution in [1.82, 2.24) is 4.98 Å². The Morgan fingerprint density at radius 2 is 2.22 bits per heavy atom. The maximum atomic E-state index is 11.7. The average molecular weight is 267 g/mol. The second kappa shape index (κ2) is 5.00. The van der Waals surface area contributed by atoms with Crippen LogP contribution in [0.2, 0.25) is 0 Å². The second-order valence-corrected chi connectivity index (χ2v) is 7.00. The molecule has 1 aromatic heterocycles. The molecule has 1 heterocycles. The Balaban J connectivity index is 2.16. The van der Waals surface area contributed by atoms with Crippen molar-refractivity contribution in [2.75, 3.05) is 6.61 Å². The van der Waals surface area contributed by atoms with Crippen LogP contribution in [-0.2, 0) is 17.6 Å². The Hall–Kier alpha value is -0.900.